The summed E-state index contributed by atoms with van der Waals surface area (Å²) in [5.41, 5.74) is 0.0972. The van der Waals surface area contributed by atoms with Crippen LogP contribution < -0.4 is 10.6 Å². The van der Waals surface area contributed by atoms with Crippen molar-refractivity contribution in [1.29, 1.82) is 5.26 Å². The number of benzene rings is 1. The van der Waals surface area contributed by atoms with Gasteiger partial charge in [-0.1, -0.05) is 37.6 Å². The quantitative estimate of drug-likeness (QED) is 0.752. The summed E-state index contributed by atoms with van der Waals surface area (Å²) in [5, 5.41) is 16.4. The van der Waals surface area contributed by atoms with Gasteiger partial charge in [-0.25, -0.2) is 0 Å². The fourth-order valence-corrected chi connectivity index (χ4v) is 3.37. The minimum Gasteiger partial charge on any atom is -0.337 e. The Bertz CT molecular complexity index is 614. The van der Waals surface area contributed by atoms with Gasteiger partial charge in [0.05, 0.1) is 12.6 Å². The Kier molecular flexibility index (Phi) is 5.90. The predicted molar refractivity (Wildman–Crippen MR) is 96.6 cm³/mol. The van der Waals surface area contributed by atoms with Gasteiger partial charge in [0, 0.05) is 10.6 Å². The van der Waals surface area contributed by atoms with E-state index in [9.17, 15) is 10.1 Å². The summed E-state index contributed by atoms with van der Waals surface area (Å²) in [6.45, 7) is 6.21. The van der Waals surface area contributed by atoms with E-state index < -0.39 is 5.54 Å². The van der Waals surface area contributed by atoms with Crippen LogP contribution in [0, 0.1) is 17.2 Å². The zero-order valence-electron chi connectivity index (χ0n) is 14.7. The third kappa shape index (κ3) is 4.09. The highest BCUT2D eigenvalue weighted by atomic mass is 35.5. The number of hydrogen-bond acceptors (Lipinski definition) is 3. The van der Waals surface area contributed by atoms with Crippen LogP contribution in [0.3, 0.4) is 0 Å². The van der Waals surface area contributed by atoms with Crippen LogP contribution in [0.15, 0.2) is 24.3 Å². The lowest BCUT2D eigenvalue weighted by atomic mass is 9.84. The topological polar surface area (TPSA) is 64.9 Å². The second-order valence-electron chi connectivity index (χ2n) is 6.79. The molecule has 1 amide bonds. The first kappa shape index (κ1) is 18.8. The first-order valence-electron chi connectivity index (χ1n) is 8.62. The summed E-state index contributed by atoms with van der Waals surface area (Å²) in [6, 6.07) is 10.0. The normalized spacial score (nSPS) is 17.0. The van der Waals surface area contributed by atoms with E-state index in [0.717, 1.165) is 31.2 Å². The first-order chi connectivity index (χ1) is 11.4. The lowest BCUT2D eigenvalue weighted by Crippen LogP contribution is -2.52. The maximum absolute atomic E-state index is 12.4. The number of rotatable bonds is 8. The molecule has 1 saturated carbocycles. The molecule has 4 nitrogen and oxygen atoms in total. The van der Waals surface area contributed by atoms with Crippen molar-refractivity contribution in [2.45, 2.75) is 57.5 Å². The lowest BCUT2D eigenvalue weighted by molar-refractivity contribution is -0.122. The smallest absolute Gasteiger partial charge is 0.235 e. The van der Waals surface area contributed by atoms with Gasteiger partial charge in [0.2, 0.25) is 5.91 Å². The molecule has 1 aliphatic rings. The van der Waals surface area contributed by atoms with E-state index in [1.165, 1.54) is 0 Å². The molecule has 0 spiro atoms. The van der Waals surface area contributed by atoms with E-state index in [0.29, 0.717) is 5.02 Å². The Morgan fingerprint density at radius 3 is 2.33 bits per heavy atom. The van der Waals surface area contributed by atoms with Gasteiger partial charge in [-0.05, 0) is 56.2 Å². The first-order valence-corrected chi connectivity index (χ1v) is 9.00. The third-order valence-corrected chi connectivity index (χ3v) is 5.47. The summed E-state index contributed by atoms with van der Waals surface area (Å²) < 4.78 is 0. The molecular formula is C19H26ClN3O. The third-order valence-electron chi connectivity index (χ3n) is 5.22. The minimum atomic E-state index is -0.750. The van der Waals surface area contributed by atoms with E-state index in [-0.39, 0.29) is 23.9 Å². The number of nitriles is 1. The van der Waals surface area contributed by atoms with E-state index >= 15 is 0 Å². The maximum atomic E-state index is 12.4. The van der Waals surface area contributed by atoms with E-state index in [1.54, 1.807) is 0 Å². The molecule has 0 saturated heterocycles. The Morgan fingerprint density at radius 1 is 1.29 bits per heavy atom. The van der Waals surface area contributed by atoms with Crippen LogP contribution in [0.5, 0.6) is 0 Å². The fraction of sp³-hybridized carbons (Fsp3) is 0.579. The number of carbonyl (C=O) groups is 1. The Labute approximate surface area is 149 Å². The van der Waals surface area contributed by atoms with Gasteiger partial charge in [-0.15, -0.1) is 0 Å². The molecule has 5 heteroatoms. The van der Waals surface area contributed by atoms with E-state index in [1.807, 2.05) is 31.2 Å². The molecule has 0 bridgehead atoms. The molecule has 130 valence electrons. The fourth-order valence-electron chi connectivity index (χ4n) is 3.24. The number of halogens is 1. The summed E-state index contributed by atoms with van der Waals surface area (Å²) in [5.74, 6) is 0.149. The average Bonchev–Trinajstić information content (AvgIpc) is 3.43. The van der Waals surface area contributed by atoms with Crippen LogP contribution in [-0.4, -0.2) is 18.0 Å². The molecule has 1 unspecified atom stereocenters. The number of amides is 1. The average molecular weight is 348 g/mol. The molecule has 0 aromatic heterocycles. The lowest BCUT2D eigenvalue weighted by Gasteiger charge is -2.34. The molecule has 0 aliphatic heterocycles. The van der Waals surface area contributed by atoms with Gasteiger partial charge in [-0.3, -0.25) is 10.1 Å². The van der Waals surface area contributed by atoms with Gasteiger partial charge in [0.25, 0.3) is 0 Å². The molecule has 0 heterocycles. The van der Waals surface area contributed by atoms with E-state index in [2.05, 4.69) is 30.6 Å². The van der Waals surface area contributed by atoms with Crippen molar-refractivity contribution in [2.75, 3.05) is 6.54 Å². The molecular weight excluding hydrogens is 322 g/mol. The standard InChI is InChI=1S/C19H26ClN3O/c1-4-19(5-2,15-8-10-16(20)11-9-15)22-12-17(24)23-18(3,13-21)14-6-7-14/h8-11,14,22H,4-7,12H2,1-3H3,(H,23,24). The van der Waals surface area contributed by atoms with Gasteiger partial charge in [-0.2, -0.15) is 5.26 Å². The number of nitrogens with zero attached hydrogens (tertiary/aromatic N) is 1. The minimum absolute atomic E-state index is 0.133. The van der Waals surface area contributed by atoms with Crippen molar-refractivity contribution in [2.24, 2.45) is 5.92 Å². The summed E-state index contributed by atoms with van der Waals surface area (Å²) in [4.78, 5) is 12.4. The van der Waals surface area contributed by atoms with E-state index in [4.69, 9.17) is 11.6 Å². The van der Waals surface area contributed by atoms with Gasteiger partial charge >= 0.3 is 0 Å². The zero-order chi connectivity index (χ0) is 17.8. The zero-order valence-corrected chi connectivity index (χ0v) is 15.4. The number of carbonyl (C=O) groups excluding carboxylic acids is 1. The molecule has 1 aromatic rings. The predicted octanol–water partition coefficient (Wildman–Crippen LogP) is 3.75. The van der Waals surface area contributed by atoms with Crippen molar-refractivity contribution in [3.8, 4) is 6.07 Å². The highest BCUT2D eigenvalue weighted by Gasteiger charge is 2.43. The van der Waals surface area contributed by atoms with Crippen LogP contribution in [0.4, 0.5) is 0 Å². The van der Waals surface area contributed by atoms with Crippen molar-refractivity contribution in [3.63, 3.8) is 0 Å². The molecule has 24 heavy (non-hydrogen) atoms. The van der Waals surface area contributed by atoms with Crippen LogP contribution in [0.1, 0.15) is 52.0 Å². The maximum Gasteiger partial charge on any atom is 0.235 e. The highest BCUT2D eigenvalue weighted by Crippen LogP contribution is 2.39. The summed E-state index contributed by atoms with van der Waals surface area (Å²) in [6.07, 6.45) is 3.74. The number of nitrogens with one attached hydrogen (secondary N) is 2. The molecule has 1 aliphatic carbocycles. The second kappa shape index (κ2) is 7.55. The van der Waals surface area contributed by atoms with Crippen LogP contribution in [-0.2, 0) is 10.3 Å². The molecule has 1 aromatic carbocycles. The Hall–Kier alpha value is -1.57. The molecule has 0 radical (unpaired) electrons. The SMILES string of the molecule is CCC(CC)(NCC(=O)NC(C)(C#N)C1CC1)c1ccc(Cl)cc1. The Balaban J connectivity index is 2.04. The van der Waals surface area contributed by atoms with Crippen molar-refractivity contribution in [1.82, 2.24) is 10.6 Å². The number of hydrogen-bond donors (Lipinski definition) is 2. The van der Waals surface area contributed by atoms with Crippen molar-refractivity contribution < 1.29 is 4.79 Å². The molecule has 2 rings (SSSR count). The summed E-state index contributed by atoms with van der Waals surface area (Å²) >= 11 is 5.98. The molecule has 1 atom stereocenters. The monoisotopic (exact) mass is 347 g/mol. The molecule has 1 fully saturated rings. The highest BCUT2D eigenvalue weighted by molar-refractivity contribution is 6.30. The largest absolute Gasteiger partial charge is 0.337 e. The van der Waals surface area contributed by atoms with Gasteiger partial charge < -0.3 is 5.32 Å². The second-order valence-corrected chi connectivity index (χ2v) is 7.22. The van der Waals surface area contributed by atoms with Gasteiger partial charge in [0.1, 0.15) is 5.54 Å². The van der Waals surface area contributed by atoms with Crippen LogP contribution in [0.2, 0.25) is 5.02 Å². The van der Waals surface area contributed by atoms with Crippen LogP contribution in [0.25, 0.3) is 0 Å². The van der Waals surface area contributed by atoms with Gasteiger partial charge in [0.15, 0.2) is 0 Å². The van der Waals surface area contributed by atoms with Crippen molar-refractivity contribution in [3.05, 3.63) is 34.9 Å². The van der Waals surface area contributed by atoms with Crippen molar-refractivity contribution >= 4 is 17.5 Å². The molecule has 2 N–H and O–H groups in total. The summed E-state index contributed by atoms with van der Waals surface area (Å²) in [7, 11) is 0. The van der Waals surface area contributed by atoms with Crippen LogP contribution >= 0.6 is 11.6 Å². The Morgan fingerprint density at radius 2 is 1.88 bits per heavy atom.